The summed E-state index contributed by atoms with van der Waals surface area (Å²) in [5.41, 5.74) is 0. The van der Waals surface area contributed by atoms with E-state index in [-0.39, 0.29) is 47.9 Å². The second-order valence-corrected chi connectivity index (χ2v) is 7.63. The number of carbonyl (C=O) groups is 6. The Morgan fingerprint density at radius 1 is 0.931 bits per heavy atom. The van der Waals surface area contributed by atoms with Gasteiger partial charge in [0.2, 0.25) is 11.8 Å². The van der Waals surface area contributed by atoms with Crippen LogP contribution in [0.1, 0.15) is 53.4 Å². The van der Waals surface area contributed by atoms with E-state index in [0.717, 1.165) is 4.90 Å². The number of carbonyl (C=O) groups excluding carboxylic acids is 6. The van der Waals surface area contributed by atoms with Crippen LogP contribution in [-0.2, 0) is 28.8 Å². The van der Waals surface area contributed by atoms with E-state index in [4.69, 9.17) is 0 Å². The molecule has 29 heavy (non-hydrogen) atoms. The summed E-state index contributed by atoms with van der Waals surface area (Å²) >= 11 is 1.41. The van der Waals surface area contributed by atoms with Gasteiger partial charge in [-0.2, -0.15) is 11.8 Å². The van der Waals surface area contributed by atoms with Crippen LogP contribution in [0.15, 0.2) is 12.2 Å². The van der Waals surface area contributed by atoms with E-state index >= 15 is 0 Å². The first-order chi connectivity index (χ1) is 13.2. The van der Waals surface area contributed by atoms with Crippen LogP contribution in [0.25, 0.3) is 0 Å². The summed E-state index contributed by atoms with van der Waals surface area (Å²) in [6.45, 7) is 3.72. The number of rotatable bonds is 9. The van der Waals surface area contributed by atoms with Crippen molar-refractivity contribution in [1.82, 2.24) is 9.80 Å². The van der Waals surface area contributed by atoms with Gasteiger partial charge in [0, 0.05) is 44.5 Å². The maximum Gasteiger partial charge on any atom is 0.253 e. The fourth-order valence-electron chi connectivity index (χ4n) is 2.70. The molecule has 0 spiro atoms. The highest BCUT2D eigenvalue weighted by atomic mass is 32.2. The molecular weight excluding hydrogens is 396 g/mol. The summed E-state index contributed by atoms with van der Waals surface area (Å²) in [6.07, 6.45) is 6.60. The Morgan fingerprint density at radius 3 is 1.76 bits per heavy atom. The van der Waals surface area contributed by atoms with Gasteiger partial charge in [-0.05, 0) is 32.9 Å². The quantitative estimate of drug-likeness (QED) is 0.517. The maximum absolute atomic E-state index is 11.6. The molecule has 1 fully saturated rings. The van der Waals surface area contributed by atoms with Crippen molar-refractivity contribution >= 4 is 47.0 Å². The Kier molecular flexibility index (Phi) is 12.0. The lowest BCUT2D eigenvalue weighted by Crippen LogP contribution is -2.32. The minimum atomic E-state index is -0.284. The van der Waals surface area contributed by atoms with E-state index in [9.17, 15) is 28.8 Å². The van der Waals surface area contributed by atoms with Crippen molar-refractivity contribution in [1.29, 1.82) is 0 Å². The molecule has 0 radical (unpaired) electrons. The number of imide groups is 2. The number of hydrogen-bond acceptors (Lipinski definition) is 7. The molecule has 0 bridgehead atoms. The molecule has 0 aromatic carbocycles. The third-order valence-electron chi connectivity index (χ3n) is 4.21. The van der Waals surface area contributed by atoms with Gasteiger partial charge in [-0.25, -0.2) is 0 Å². The van der Waals surface area contributed by atoms with Crippen molar-refractivity contribution in [3.05, 3.63) is 12.2 Å². The summed E-state index contributed by atoms with van der Waals surface area (Å²) in [5.74, 6) is -0.608. The van der Waals surface area contributed by atoms with E-state index < -0.39 is 0 Å². The van der Waals surface area contributed by atoms with E-state index in [2.05, 4.69) is 0 Å². The van der Waals surface area contributed by atoms with Gasteiger partial charge in [0.05, 0.1) is 5.25 Å². The number of likely N-dealkylation sites (tertiary alicyclic amines) is 1. The zero-order chi connectivity index (χ0) is 21.3. The van der Waals surface area contributed by atoms with E-state index in [1.54, 1.807) is 0 Å². The summed E-state index contributed by atoms with van der Waals surface area (Å²) in [4.78, 5) is 68.8. The molecule has 2 aliphatic rings. The van der Waals surface area contributed by atoms with E-state index in [1.165, 1.54) is 42.7 Å². The first-order valence-corrected chi connectivity index (χ1v) is 10.4. The molecule has 9 heteroatoms. The van der Waals surface area contributed by atoms with Crippen molar-refractivity contribution in [2.24, 2.45) is 0 Å². The van der Waals surface area contributed by atoms with Crippen LogP contribution in [0, 0.1) is 0 Å². The number of Topliss-reactive ketones (excluding diaryl/α,β-unsaturated/α-hetero) is 2. The van der Waals surface area contributed by atoms with Gasteiger partial charge in [0.25, 0.3) is 11.8 Å². The highest BCUT2D eigenvalue weighted by Gasteiger charge is 2.37. The molecule has 0 saturated carbocycles. The molecule has 4 amide bonds. The molecular formula is C20H30N2O6S. The number of hydrogen-bond donors (Lipinski definition) is 0. The predicted octanol–water partition coefficient (Wildman–Crippen LogP) is 1.76. The maximum atomic E-state index is 11.6. The zero-order valence-corrected chi connectivity index (χ0v) is 17.3. The van der Waals surface area contributed by atoms with Crippen LogP contribution >= 0.6 is 11.8 Å². The van der Waals surface area contributed by atoms with Gasteiger partial charge in [0.15, 0.2) is 0 Å². The third kappa shape index (κ3) is 8.72. The highest BCUT2D eigenvalue weighted by molar-refractivity contribution is 8.00. The predicted molar refractivity (Wildman–Crippen MR) is 111 cm³/mol. The van der Waals surface area contributed by atoms with Gasteiger partial charge in [-0.15, -0.1) is 0 Å². The van der Waals surface area contributed by atoms with Gasteiger partial charge in [-0.1, -0.05) is 7.43 Å². The van der Waals surface area contributed by atoms with Crippen LogP contribution in [0.3, 0.4) is 0 Å². The lowest BCUT2D eigenvalue weighted by molar-refractivity contribution is -0.139. The topological polar surface area (TPSA) is 109 Å². The molecule has 162 valence electrons. The average molecular weight is 427 g/mol. The minimum absolute atomic E-state index is 0. The van der Waals surface area contributed by atoms with Crippen LogP contribution in [0.2, 0.25) is 0 Å². The van der Waals surface area contributed by atoms with Crippen molar-refractivity contribution in [2.75, 3.05) is 19.3 Å². The van der Waals surface area contributed by atoms with Crippen LogP contribution in [0.5, 0.6) is 0 Å². The van der Waals surface area contributed by atoms with Crippen molar-refractivity contribution in [2.45, 2.75) is 58.6 Å². The Balaban J connectivity index is 0.000000527. The molecule has 1 saturated heterocycles. The molecule has 0 N–H and O–H groups in total. The Labute approximate surface area is 176 Å². The summed E-state index contributed by atoms with van der Waals surface area (Å²) < 4.78 is 0. The minimum Gasteiger partial charge on any atom is -0.300 e. The van der Waals surface area contributed by atoms with Crippen molar-refractivity contribution in [3.63, 3.8) is 0 Å². The Bertz CT molecular complexity index is 670. The molecule has 2 rings (SSSR count). The van der Waals surface area contributed by atoms with Crippen LogP contribution in [0.4, 0.5) is 0 Å². The lowest BCUT2D eigenvalue weighted by atomic mass is 10.2. The monoisotopic (exact) mass is 426 g/mol. The fourth-order valence-corrected chi connectivity index (χ4v) is 3.33. The first-order valence-electron chi connectivity index (χ1n) is 9.06. The second kappa shape index (κ2) is 13.0. The van der Waals surface area contributed by atoms with Crippen LogP contribution in [-0.4, -0.2) is 69.6 Å². The van der Waals surface area contributed by atoms with E-state index in [1.807, 2.05) is 6.26 Å². The van der Waals surface area contributed by atoms with Gasteiger partial charge in [-0.3, -0.25) is 29.0 Å². The van der Waals surface area contributed by atoms with Crippen molar-refractivity contribution in [3.8, 4) is 0 Å². The molecule has 0 aliphatic carbocycles. The molecule has 0 aromatic heterocycles. The smallest absolute Gasteiger partial charge is 0.253 e. The number of amides is 4. The van der Waals surface area contributed by atoms with Crippen molar-refractivity contribution < 1.29 is 28.8 Å². The van der Waals surface area contributed by atoms with Gasteiger partial charge in [0.1, 0.15) is 11.6 Å². The third-order valence-corrected chi connectivity index (χ3v) is 5.15. The SMILES string of the molecule is C.CC(=O)CCCN1C(=O)C=CC1=O.CSC1CC(=O)N(CCCC(C)=O)C1=O. The highest BCUT2D eigenvalue weighted by Crippen LogP contribution is 2.23. The molecule has 0 aromatic rings. The van der Waals surface area contributed by atoms with Gasteiger partial charge >= 0.3 is 0 Å². The van der Waals surface area contributed by atoms with Crippen LogP contribution < -0.4 is 0 Å². The standard InChI is InChI=1S/C10H15NO3S.C9H11NO3.CH4/c1-7(12)4-3-5-11-9(13)6-8(15-2)10(11)14;1-7(11)3-2-6-10-8(12)4-5-9(10)13;/h8H,3-6H2,1-2H3;4-5H,2-3,6H2,1H3;1H4. The molecule has 8 nitrogen and oxygen atoms in total. The second-order valence-electron chi connectivity index (χ2n) is 6.58. The normalized spacial score (nSPS) is 18.0. The first kappa shape index (κ1) is 26.7. The zero-order valence-electron chi connectivity index (χ0n) is 16.4. The molecule has 1 atom stereocenters. The Morgan fingerprint density at radius 2 is 1.38 bits per heavy atom. The lowest BCUT2D eigenvalue weighted by Gasteiger charge is -2.13. The van der Waals surface area contributed by atoms with Gasteiger partial charge < -0.3 is 9.59 Å². The summed E-state index contributed by atoms with van der Waals surface area (Å²) in [6, 6.07) is 0. The molecule has 1 unspecified atom stereocenters. The summed E-state index contributed by atoms with van der Waals surface area (Å²) in [7, 11) is 0. The van der Waals surface area contributed by atoms with E-state index in [0.29, 0.717) is 45.2 Å². The molecule has 2 aliphatic heterocycles. The number of nitrogens with zero attached hydrogens (tertiary/aromatic N) is 2. The largest absolute Gasteiger partial charge is 0.300 e. The number of thioether (sulfide) groups is 1. The fraction of sp³-hybridized carbons (Fsp3) is 0.600. The Hall–Kier alpha value is -2.29. The molecule has 2 heterocycles. The average Bonchev–Trinajstić information content (AvgIpc) is 3.08. The summed E-state index contributed by atoms with van der Waals surface area (Å²) in [5, 5.41) is -0.213. The number of ketones is 2.